The number of hydrogen-bond donors (Lipinski definition) is 1. The smallest absolute Gasteiger partial charge is 0.224 e. The van der Waals surface area contributed by atoms with Gasteiger partial charge in [0.15, 0.2) is 23.0 Å². The molecule has 0 aromatic heterocycles. The van der Waals surface area contributed by atoms with Gasteiger partial charge in [-0.25, -0.2) is 0 Å². The molecule has 1 N–H and O–H groups in total. The molecule has 7 nitrogen and oxygen atoms in total. The van der Waals surface area contributed by atoms with Crippen LogP contribution in [0.2, 0.25) is 0 Å². The van der Waals surface area contributed by atoms with Crippen molar-refractivity contribution in [3.8, 4) is 28.7 Å². The number of methoxy groups -OCH3 is 4. The Kier molecular flexibility index (Phi) is 7.61. The highest BCUT2D eigenvalue weighted by Crippen LogP contribution is 2.36. The Bertz CT molecular complexity index is 762. The summed E-state index contributed by atoms with van der Waals surface area (Å²) < 4.78 is 26.7. The Morgan fingerprint density at radius 1 is 0.852 bits per heavy atom. The molecular weight excluding hydrogens is 350 g/mol. The number of amides is 1. The zero-order valence-electron chi connectivity index (χ0n) is 16.0. The molecule has 0 atom stereocenters. The van der Waals surface area contributed by atoms with E-state index in [9.17, 15) is 4.79 Å². The molecule has 0 saturated carbocycles. The Labute approximate surface area is 159 Å². The normalized spacial score (nSPS) is 10.1. The molecule has 1 amide bonds. The highest BCUT2D eigenvalue weighted by atomic mass is 16.5. The van der Waals surface area contributed by atoms with Crippen LogP contribution in [0.5, 0.6) is 28.7 Å². The molecule has 0 heterocycles. The molecule has 0 unspecified atom stereocenters. The maximum Gasteiger partial charge on any atom is 0.224 e. The number of para-hydroxylation sites is 1. The van der Waals surface area contributed by atoms with Gasteiger partial charge in [-0.2, -0.15) is 0 Å². The minimum absolute atomic E-state index is 0.108. The summed E-state index contributed by atoms with van der Waals surface area (Å²) in [5, 5.41) is 2.83. The Balaban J connectivity index is 1.83. The van der Waals surface area contributed by atoms with Gasteiger partial charge in [-0.05, 0) is 29.8 Å². The number of hydrogen-bond acceptors (Lipinski definition) is 6. The molecule has 2 rings (SSSR count). The fraction of sp³-hybridized carbons (Fsp3) is 0.350. The first-order chi connectivity index (χ1) is 13.1. The monoisotopic (exact) mass is 375 g/mol. The molecule has 0 saturated heterocycles. The Morgan fingerprint density at radius 3 is 2.22 bits per heavy atom. The molecule has 0 spiro atoms. The van der Waals surface area contributed by atoms with Gasteiger partial charge in [0.2, 0.25) is 11.7 Å². The van der Waals surface area contributed by atoms with E-state index in [1.807, 2.05) is 12.1 Å². The van der Waals surface area contributed by atoms with Gasteiger partial charge < -0.3 is 29.0 Å². The van der Waals surface area contributed by atoms with E-state index in [4.69, 9.17) is 23.7 Å². The lowest BCUT2D eigenvalue weighted by Crippen LogP contribution is -2.29. The lowest BCUT2D eigenvalue weighted by molar-refractivity contribution is -0.120. The fourth-order valence-electron chi connectivity index (χ4n) is 2.56. The third-order valence-corrected chi connectivity index (χ3v) is 3.86. The van der Waals surface area contributed by atoms with Crippen LogP contribution in [0.25, 0.3) is 0 Å². The standard InChI is InChI=1S/C20H25NO6/c1-23-15-9-8-14(12-18(15)25-3)13-19(22)21-10-11-27-17-7-5-6-16(24-2)20(17)26-4/h5-9,12H,10-11,13H2,1-4H3,(H,21,22). The first-order valence-electron chi connectivity index (χ1n) is 8.44. The molecule has 0 aliphatic heterocycles. The van der Waals surface area contributed by atoms with E-state index in [1.54, 1.807) is 52.7 Å². The molecule has 0 bridgehead atoms. The van der Waals surface area contributed by atoms with Crippen molar-refractivity contribution in [2.75, 3.05) is 41.6 Å². The predicted octanol–water partition coefficient (Wildman–Crippen LogP) is 2.46. The molecule has 0 aliphatic carbocycles. The van der Waals surface area contributed by atoms with Crippen molar-refractivity contribution in [1.29, 1.82) is 0 Å². The number of ether oxygens (including phenoxy) is 5. The molecule has 0 radical (unpaired) electrons. The van der Waals surface area contributed by atoms with E-state index in [1.165, 1.54) is 0 Å². The van der Waals surface area contributed by atoms with Gasteiger partial charge in [0.25, 0.3) is 0 Å². The van der Waals surface area contributed by atoms with Gasteiger partial charge in [-0.1, -0.05) is 12.1 Å². The van der Waals surface area contributed by atoms with Gasteiger partial charge in [0.05, 0.1) is 41.4 Å². The summed E-state index contributed by atoms with van der Waals surface area (Å²) in [6.45, 7) is 0.674. The summed E-state index contributed by atoms with van der Waals surface area (Å²) in [5.41, 5.74) is 0.834. The molecule has 0 fully saturated rings. The van der Waals surface area contributed by atoms with E-state index in [-0.39, 0.29) is 12.3 Å². The Hall–Kier alpha value is -3.09. The first kappa shape index (κ1) is 20.2. The number of carbonyl (C=O) groups is 1. The van der Waals surface area contributed by atoms with Gasteiger partial charge in [-0.15, -0.1) is 0 Å². The van der Waals surface area contributed by atoms with Crippen molar-refractivity contribution in [2.24, 2.45) is 0 Å². The average Bonchev–Trinajstić information content (AvgIpc) is 2.70. The van der Waals surface area contributed by atoms with Gasteiger partial charge in [-0.3, -0.25) is 4.79 Å². The lowest BCUT2D eigenvalue weighted by atomic mass is 10.1. The summed E-state index contributed by atoms with van der Waals surface area (Å²) in [4.78, 5) is 12.1. The summed E-state index contributed by atoms with van der Waals surface area (Å²) in [5.74, 6) is 2.79. The van der Waals surface area contributed by atoms with Crippen LogP contribution < -0.4 is 29.0 Å². The second-order valence-corrected chi connectivity index (χ2v) is 5.56. The molecule has 2 aromatic carbocycles. The van der Waals surface area contributed by atoms with Crippen LogP contribution in [0.4, 0.5) is 0 Å². The van der Waals surface area contributed by atoms with Gasteiger partial charge in [0, 0.05) is 0 Å². The summed E-state index contributed by atoms with van der Waals surface area (Å²) in [7, 11) is 6.25. The van der Waals surface area contributed by atoms with Crippen molar-refractivity contribution in [1.82, 2.24) is 5.32 Å². The molecular formula is C20H25NO6. The van der Waals surface area contributed by atoms with Crippen molar-refractivity contribution in [3.63, 3.8) is 0 Å². The lowest BCUT2D eigenvalue weighted by Gasteiger charge is -2.14. The second kappa shape index (κ2) is 10.2. The highest BCUT2D eigenvalue weighted by Gasteiger charge is 2.11. The van der Waals surface area contributed by atoms with Crippen molar-refractivity contribution in [2.45, 2.75) is 6.42 Å². The molecule has 27 heavy (non-hydrogen) atoms. The first-order valence-corrected chi connectivity index (χ1v) is 8.44. The summed E-state index contributed by atoms with van der Waals surface area (Å²) >= 11 is 0. The van der Waals surface area contributed by atoms with Crippen molar-refractivity contribution < 1.29 is 28.5 Å². The van der Waals surface area contributed by atoms with Gasteiger partial charge >= 0.3 is 0 Å². The number of carbonyl (C=O) groups excluding carboxylic acids is 1. The zero-order chi connectivity index (χ0) is 19.6. The van der Waals surface area contributed by atoms with Crippen molar-refractivity contribution in [3.05, 3.63) is 42.0 Å². The highest BCUT2D eigenvalue weighted by molar-refractivity contribution is 5.78. The van der Waals surface area contributed by atoms with E-state index in [0.717, 1.165) is 5.56 Å². The predicted molar refractivity (Wildman–Crippen MR) is 101 cm³/mol. The molecule has 2 aromatic rings. The van der Waals surface area contributed by atoms with Crippen LogP contribution in [-0.2, 0) is 11.2 Å². The topological polar surface area (TPSA) is 75.3 Å². The van der Waals surface area contributed by atoms with Crippen LogP contribution in [0.3, 0.4) is 0 Å². The Morgan fingerprint density at radius 2 is 1.56 bits per heavy atom. The van der Waals surface area contributed by atoms with Crippen molar-refractivity contribution >= 4 is 5.91 Å². The summed E-state index contributed by atoms with van der Waals surface area (Å²) in [6.07, 6.45) is 0.239. The molecule has 146 valence electrons. The van der Waals surface area contributed by atoms with Crippen LogP contribution >= 0.6 is 0 Å². The number of rotatable bonds is 10. The minimum atomic E-state index is -0.108. The molecule has 7 heteroatoms. The maximum absolute atomic E-state index is 12.1. The summed E-state index contributed by atoms with van der Waals surface area (Å²) in [6, 6.07) is 10.8. The maximum atomic E-state index is 12.1. The zero-order valence-corrected chi connectivity index (χ0v) is 16.0. The third-order valence-electron chi connectivity index (χ3n) is 3.86. The number of benzene rings is 2. The second-order valence-electron chi connectivity index (χ2n) is 5.56. The van der Waals surface area contributed by atoms with E-state index >= 15 is 0 Å². The van der Waals surface area contributed by atoms with E-state index in [0.29, 0.717) is 41.9 Å². The van der Waals surface area contributed by atoms with Crippen LogP contribution in [-0.4, -0.2) is 47.5 Å². The molecule has 0 aliphatic rings. The van der Waals surface area contributed by atoms with Crippen LogP contribution in [0.1, 0.15) is 5.56 Å². The minimum Gasteiger partial charge on any atom is -0.493 e. The largest absolute Gasteiger partial charge is 0.493 e. The SMILES string of the molecule is COc1ccc(CC(=O)NCCOc2cccc(OC)c2OC)cc1OC. The van der Waals surface area contributed by atoms with Crippen LogP contribution in [0, 0.1) is 0 Å². The fourth-order valence-corrected chi connectivity index (χ4v) is 2.56. The van der Waals surface area contributed by atoms with Gasteiger partial charge in [0.1, 0.15) is 6.61 Å². The van der Waals surface area contributed by atoms with E-state index in [2.05, 4.69) is 5.32 Å². The van der Waals surface area contributed by atoms with Crippen LogP contribution in [0.15, 0.2) is 36.4 Å². The van der Waals surface area contributed by atoms with E-state index < -0.39 is 0 Å². The number of nitrogens with one attached hydrogen (secondary N) is 1. The third kappa shape index (κ3) is 5.44. The average molecular weight is 375 g/mol. The quantitative estimate of drug-likeness (QED) is 0.643.